The van der Waals surface area contributed by atoms with Crippen LogP contribution >= 0.6 is 11.6 Å². The van der Waals surface area contributed by atoms with Crippen molar-refractivity contribution in [1.29, 1.82) is 0 Å². The summed E-state index contributed by atoms with van der Waals surface area (Å²) < 4.78 is 28.9. The van der Waals surface area contributed by atoms with E-state index in [2.05, 4.69) is 9.72 Å². The highest BCUT2D eigenvalue weighted by molar-refractivity contribution is 6.33. The lowest BCUT2D eigenvalue weighted by atomic mass is 10.1. The number of carbonyl (C=O) groups is 1. The predicted molar refractivity (Wildman–Crippen MR) is 65.1 cm³/mol. The molecule has 0 saturated heterocycles. The Morgan fingerprint density at radius 3 is 2.74 bits per heavy atom. The summed E-state index contributed by atoms with van der Waals surface area (Å²) in [7, 11) is 0. The van der Waals surface area contributed by atoms with Crippen LogP contribution in [0.5, 0.6) is 5.75 Å². The van der Waals surface area contributed by atoms with Gasteiger partial charge in [-0.15, -0.1) is 0 Å². The standard InChI is InChI=1S/C12H8ClF2NO3/c1-5-9-6(2-7(4-16-9)11(17)18)3-8(13)10(5)19-12(14)15/h2-4,12H,1H3,(H,17,18). The minimum Gasteiger partial charge on any atom is -0.478 e. The van der Waals surface area contributed by atoms with E-state index in [0.717, 1.165) is 6.20 Å². The number of hydrogen-bond donors (Lipinski definition) is 1. The average Bonchev–Trinajstić information content (AvgIpc) is 2.33. The Balaban J connectivity index is 2.65. The fraction of sp³-hybridized carbons (Fsp3) is 0.167. The van der Waals surface area contributed by atoms with Crippen LogP contribution < -0.4 is 4.74 Å². The molecule has 2 aromatic rings. The zero-order valence-electron chi connectivity index (χ0n) is 9.65. The first-order chi connectivity index (χ1) is 8.90. The molecule has 1 heterocycles. The fourth-order valence-corrected chi connectivity index (χ4v) is 2.05. The van der Waals surface area contributed by atoms with E-state index in [0.29, 0.717) is 16.5 Å². The lowest BCUT2D eigenvalue weighted by Crippen LogP contribution is -2.05. The van der Waals surface area contributed by atoms with Crippen molar-refractivity contribution in [3.63, 3.8) is 0 Å². The third kappa shape index (κ3) is 2.58. The third-order valence-electron chi connectivity index (χ3n) is 2.57. The van der Waals surface area contributed by atoms with Crippen molar-refractivity contribution in [3.05, 3.63) is 34.5 Å². The molecule has 1 N–H and O–H groups in total. The van der Waals surface area contributed by atoms with Crippen LogP contribution in [0, 0.1) is 6.92 Å². The topological polar surface area (TPSA) is 59.4 Å². The summed E-state index contributed by atoms with van der Waals surface area (Å²) in [5, 5.41) is 9.29. The molecule has 0 saturated carbocycles. The molecule has 1 aromatic heterocycles. The van der Waals surface area contributed by atoms with Crippen molar-refractivity contribution in [2.75, 3.05) is 0 Å². The Morgan fingerprint density at radius 2 is 2.16 bits per heavy atom. The molecular formula is C12H8ClF2NO3. The Bertz CT molecular complexity index is 661. The van der Waals surface area contributed by atoms with Crippen molar-refractivity contribution in [2.24, 2.45) is 0 Å². The Hall–Kier alpha value is -1.95. The van der Waals surface area contributed by atoms with Crippen LogP contribution in [0.1, 0.15) is 15.9 Å². The maximum absolute atomic E-state index is 12.3. The molecule has 0 spiro atoms. The van der Waals surface area contributed by atoms with Gasteiger partial charge in [0.15, 0.2) is 0 Å². The number of pyridine rings is 1. The van der Waals surface area contributed by atoms with Gasteiger partial charge in [-0.1, -0.05) is 11.6 Å². The van der Waals surface area contributed by atoms with E-state index in [9.17, 15) is 13.6 Å². The summed E-state index contributed by atoms with van der Waals surface area (Å²) in [6, 6.07) is 2.72. The minimum absolute atomic E-state index is 0.00880. The van der Waals surface area contributed by atoms with E-state index in [4.69, 9.17) is 16.7 Å². The lowest BCUT2D eigenvalue weighted by molar-refractivity contribution is -0.0501. The summed E-state index contributed by atoms with van der Waals surface area (Å²) in [6.45, 7) is -1.47. The Labute approximate surface area is 111 Å². The first-order valence-corrected chi connectivity index (χ1v) is 5.55. The smallest absolute Gasteiger partial charge is 0.387 e. The number of aryl methyl sites for hydroxylation is 1. The van der Waals surface area contributed by atoms with Crippen LogP contribution in [0.2, 0.25) is 5.02 Å². The first kappa shape index (κ1) is 13.5. The van der Waals surface area contributed by atoms with Gasteiger partial charge in [-0.2, -0.15) is 8.78 Å². The molecule has 7 heteroatoms. The highest BCUT2D eigenvalue weighted by Gasteiger charge is 2.16. The third-order valence-corrected chi connectivity index (χ3v) is 2.85. The number of carboxylic acids is 1. The molecule has 1 aromatic carbocycles. The molecule has 0 fully saturated rings. The zero-order valence-corrected chi connectivity index (χ0v) is 10.4. The normalized spacial score (nSPS) is 11.0. The Kier molecular flexibility index (Phi) is 3.53. The van der Waals surface area contributed by atoms with Crippen molar-refractivity contribution >= 4 is 28.5 Å². The summed E-state index contributed by atoms with van der Waals surface area (Å²) in [5.74, 6) is -1.28. The van der Waals surface area contributed by atoms with E-state index in [1.165, 1.54) is 19.1 Å². The zero-order chi connectivity index (χ0) is 14.2. The molecule has 0 bridgehead atoms. The maximum atomic E-state index is 12.3. The first-order valence-electron chi connectivity index (χ1n) is 5.17. The number of nitrogens with zero attached hydrogens (tertiary/aromatic N) is 1. The molecule has 19 heavy (non-hydrogen) atoms. The van der Waals surface area contributed by atoms with Gasteiger partial charge in [0.05, 0.1) is 16.1 Å². The molecule has 0 radical (unpaired) electrons. The molecular weight excluding hydrogens is 280 g/mol. The van der Waals surface area contributed by atoms with Crippen LogP contribution in [0.15, 0.2) is 18.3 Å². The highest BCUT2D eigenvalue weighted by atomic mass is 35.5. The van der Waals surface area contributed by atoms with Gasteiger partial charge in [0.1, 0.15) is 5.75 Å². The lowest BCUT2D eigenvalue weighted by Gasteiger charge is -2.12. The number of rotatable bonds is 3. The number of alkyl halides is 2. The summed E-state index contributed by atoms with van der Waals surface area (Å²) >= 11 is 5.85. The van der Waals surface area contributed by atoms with Gasteiger partial charge in [0, 0.05) is 17.1 Å². The van der Waals surface area contributed by atoms with E-state index in [-0.39, 0.29) is 16.3 Å². The van der Waals surface area contributed by atoms with Crippen molar-refractivity contribution < 1.29 is 23.4 Å². The SMILES string of the molecule is Cc1c(OC(F)F)c(Cl)cc2cc(C(=O)O)cnc12. The van der Waals surface area contributed by atoms with Gasteiger partial charge in [0.2, 0.25) is 0 Å². The summed E-state index contributed by atoms with van der Waals surface area (Å²) in [5.41, 5.74) is 0.690. The number of benzene rings is 1. The quantitative estimate of drug-likeness (QED) is 0.938. The highest BCUT2D eigenvalue weighted by Crippen LogP contribution is 2.35. The van der Waals surface area contributed by atoms with Crippen LogP contribution in [0.3, 0.4) is 0 Å². The second-order valence-electron chi connectivity index (χ2n) is 3.79. The van der Waals surface area contributed by atoms with Crippen molar-refractivity contribution in [2.45, 2.75) is 13.5 Å². The van der Waals surface area contributed by atoms with Crippen LogP contribution in [-0.2, 0) is 0 Å². The van der Waals surface area contributed by atoms with E-state index in [1.807, 2.05) is 0 Å². The number of halogens is 3. The van der Waals surface area contributed by atoms with Gasteiger partial charge in [0.25, 0.3) is 0 Å². The molecule has 4 nitrogen and oxygen atoms in total. The van der Waals surface area contributed by atoms with Crippen LogP contribution in [0.25, 0.3) is 10.9 Å². The number of hydrogen-bond acceptors (Lipinski definition) is 3. The van der Waals surface area contributed by atoms with Gasteiger partial charge in [-0.25, -0.2) is 4.79 Å². The van der Waals surface area contributed by atoms with Crippen LogP contribution in [-0.4, -0.2) is 22.7 Å². The van der Waals surface area contributed by atoms with E-state index < -0.39 is 12.6 Å². The second-order valence-corrected chi connectivity index (χ2v) is 4.20. The van der Waals surface area contributed by atoms with Gasteiger partial charge in [-0.3, -0.25) is 4.98 Å². The number of aromatic carboxylic acids is 1. The molecule has 0 aliphatic rings. The number of aromatic nitrogens is 1. The molecule has 0 amide bonds. The second kappa shape index (κ2) is 4.97. The van der Waals surface area contributed by atoms with Gasteiger partial charge < -0.3 is 9.84 Å². The fourth-order valence-electron chi connectivity index (χ4n) is 1.74. The van der Waals surface area contributed by atoms with Gasteiger partial charge in [-0.05, 0) is 19.1 Å². The van der Waals surface area contributed by atoms with E-state index in [1.54, 1.807) is 0 Å². The largest absolute Gasteiger partial charge is 0.478 e. The molecule has 2 rings (SSSR count). The Morgan fingerprint density at radius 1 is 1.47 bits per heavy atom. The van der Waals surface area contributed by atoms with Crippen molar-refractivity contribution in [3.8, 4) is 5.75 Å². The molecule has 100 valence electrons. The van der Waals surface area contributed by atoms with E-state index >= 15 is 0 Å². The maximum Gasteiger partial charge on any atom is 0.387 e. The van der Waals surface area contributed by atoms with Gasteiger partial charge >= 0.3 is 12.6 Å². The van der Waals surface area contributed by atoms with Crippen LogP contribution in [0.4, 0.5) is 8.78 Å². The summed E-state index contributed by atoms with van der Waals surface area (Å²) in [6.07, 6.45) is 1.15. The summed E-state index contributed by atoms with van der Waals surface area (Å²) in [4.78, 5) is 14.8. The molecule has 0 aliphatic heterocycles. The number of ether oxygens (including phenoxy) is 1. The average molecular weight is 288 g/mol. The monoisotopic (exact) mass is 287 g/mol. The molecule has 0 atom stereocenters. The predicted octanol–water partition coefficient (Wildman–Crippen LogP) is 3.50. The van der Waals surface area contributed by atoms with Crippen molar-refractivity contribution in [1.82, 2.24) is 4.98 Å². The number of fused-ring (bicyclic) bond motifs is 1. The minimum atomic E-state index is -2.99. The molecule has 0 aliphatic carbocycles. The molecule has 0 unspecified atom stereocenters. The number of carboxylic acid groups (broad SMARTS) is 1.